The second kappa shape index (κ2) is 4.97. The highest BCUT2D eigenvalue weighted by Crippen LogP contribution is 2.21. The summed E-state index contributed by atoms with van der Waals surface area (Å²) < 4.78 is 28.6. The predicted octanol–water partition coefficient (Wildman–Crippen LogP) is 2.65. The average molecular weight is 286 g/mol. The van der Waals surface area contributed by atoms with Crippen molar-refractivity contribution in [3.05, 3.63) is 65.4 Å². The van der Waals surface area contributed by atoms with Crippen LogP contribution in [0.1, 0.15) is 11.3 Å². The van der Waals surface area contributed by atoms with Crippen LogP contribution in [0.25, 0.3) is 10.9 Å². The molecule has 0 aliphatic carbocycles. The number of hydrogen-bond acceptors (Lipinski definition) is 2. The van der Waals surface area contributed by atoms with E-state index in [4.69, 9.17) is 11.1 Å². The summed E-state index contributed by atoms with van der Waals surface area (Å²) in [7, 11) is 0. The van der Waals surface area contributed by atoms with Gasteiger partial charge in [0.05, 0.1) is 12.1 Å². The van der Waals surface area contributed by atoms with Gasteiger partial charge in [0.2, 0.25) is 0 Å². The van der Waals surface area contributed by atoms with Gasteiger partial charge in [-0.2, -0.15) is 5.10 Å². The number of nitrogens with one attached hydrogen (secondary N) is 1. The predicted molar refractivity (Wildman–Crippen MR) is 76.2 cm³/mol. The highest BCUT2D eigenvalue weighted by molar-refractivity contribution is 6.05. The molecule has 0 saturated heterocycles. The number of fused-ring (bicyclic) bond motifs is 1. The number of nitrogens with zero attached hydrogens (tertiary/aromatic N) is 2. The summed E-state index contributed by atoms with van der Waals surface area (Å²) >= 11 is 0. The average Bonchev–Trinajstić information content (AvgIpc) is 2.80. The van der Waals surface area contributed by atoms with Gasteiger partial charge in [-0.3, -0.25) is 10.1 Å². The molecule has 2 aromatic carbocycles. The smallest absolute Gasteiger partial charge is 0.144 e. The van der Waals surface area contributed by atoms with Crippen molar-refractivity contribution in [3.63, 3.8) is 0 Å². The topological polar surface area (TPSA) is 67.7 Å². The quantitative estimate of drug-likeness (QED) is 0.574. The zero-order chi connectivity index (χ0) is 15.0. The molecule has 0 fully saturated rings. The first-order valence-corrected chi connectivity index (χ1v) is 6.30. The molecule has 0 aliphatic heterocycles. The van der Waals surface area contributed by atoms with Gasteiger partial charge in [0.25, 0.3) is 0 Å². The zero-order valence-corrected chi connectivity index (χ0v) is 11.0. The minimum atomic E-state index is -0.424. The van der Waals surface area contributed by atoms with Crippen molar-refractivity contribution in [2.24, 2.45) is 5.73 Å². The van der Waals surface area contributed by atoms with Crippen molar-refractivity contribution in [1.82, 2.24) is 9.78 Å². The molecule has 3 rings (SSSR count). The van der Waals surface area contributed by atoms with E-state index in [2.05, 4.69) is 5.10 Å². The van der Waals surface area contributed by atoms with E-state index in [9.17, 15) is 8.78 Å². The molecule has 106 valence electrons. The first-order chi connectivity index (χ1) is 10.1. The van der Waals surface area contributed by atoms with Crippen LogP contribution in [0, 0.1) is 17.0 Å². The minimum absolute atomic E-state index is 0.139. The fourth-order valence-corrected chi connectivity index (χ4v) is 2.25. The van der Waals surface area contributed by atoms with Crippen LogP contribution in [-0.2, 0) is 6.54 Å². The Bertz CT molecular complexity index is 839. The summed E-state index contributed by atoms with van der Waals surface area (Å²) in [5, 5.41) is 12.3. The largest absolute Gasteiger partial charge is 0.382 e. The third-order valence-electron chi connectivity index (χ3n) is 3.25. The van der Waals surface area contributed by atoms with Gasteiger partial charge >= 0.3 is 0 Å². The highest BCUT2D eigenvalue weighted by Gasteiger charge is 2.14. The van der Waals surface area contributed by atoms with Crippen LogP contribution in [0.15, 0.2) is 42.5 Å². The molecule has 0 unspecified atom stereocenters. The molecule has 21 heavy (non-hydrogen) atoms. The molecule has 1 heterocycles. The third kappa shape index (κ3) is 2.35. The number of aromatic nitrogens is 2. The first-order valence-electron chi connectivity index (χ1n) is 6.30. The lowest BCUT2D eigenvalue weighted by Crippen LogP contribution is -2.13. The molecule has 0 spiro atoms. The maximum atomic E-state index is 13.7. The lowest BCUT2D eigenvalue weighted by atomic mass is 10.2. The number of amidine groups is 1. The Hall–Kier alpha value is -2.76. The second-order valence-electron chi connectivity index (χ2n) is 4.67. The van der Waals surface area contributed by atoms with Crippen molar-refractivity contribution in [2.75, 3.05) is 0 Å². The van der Waals surface area contributed by atoms with E-state index in [1.165, 1.54) is 28.9 Å². The number of halogens is 2. The molecule has 0 aliphatic rings. The van der Waals surface area contributed by atoms with Crippen molar-refractivity contribution in [3.8, 4) is 0 Å². The molecular formula is C15H12F2N4. The molecule has 0 bridgehead atoms. The number of hydrogen-bond donors (Lipinski definition) is 2. The van der Waals surface area contributed by atoms with Crippen molar-refractivity contribution in [1.29, 1.82) is 5.41 Å². The van der Waals surface area contributed by atoms with Crippen LogP contribution >= 0.6 is 0 Å². The van der Waals surface area contributed by atoms with Gasteiger partial charge in [-0.15, -0.1) is 0 Å². The van der Waals surface area contributed by atoms with Gasteiger partial charge in [-0.25, -0.2) is 8.78 Å². The molecule has 0 saturated carbocycles. The summed E-state index contributed by atoms with van der Waals surface area (Å²) in [5.74, 6) is -0.992. The molecule has 3 aromatic rings. The minimum Gasteiger partial charge on any atom is -0.382 e. The SMILES string of the molecule is N=C(N)c1nn(Cc2ccccc2F)c2cc(F)ccc12. The fraction of sp³-hybridized carbons (Fsp3) is 0.0667. The number of nitrogen functional groups attached to an aromatic ring is 1. The van der Waals surface area contributed by atoms with E-state index < -0.39 is 5.82 Å². The van der Waals surface area contributed by atoms with Gasteiger partial charge < -0.3 is 5.73 Å². The van der Waals surface area contributed by atoms with E-state index in [1.54, 1.807) is 18.2 Å². The standard InChI is InChI=1S/C15H12F2N4/c16-10-5-6-11-13(7-10)21(20-14(11)15(18)19)8-9-3-1-2-4-12(9)17/h1-7H,8H2,(H3,18,19). The van der Waals surface area contributed by atoms with E-state index in [0.717, 1.165) is 0 Å². The molecule has 6 heteroatoms. The number of benzene rings is 2. The van der Waals surface area contributed by atoms with Gasteiger partial charge in [-0.05, 0) is 24.3 Å². The second-order valence-corrected chi connectivity index (χ2v) is 4.67. The molecule has 3 N–H and O–H groups in total. The maximum absolute atomic E-state index is 13.7. The van der Waals surface area contributed by atoms with Gasteiger partial charge in [0, 0.05) is 10.9 Å². The van der Waals surface area contributed by atoms with Crippen LogP contribution in [0.3, 0.4) is 0 Å². The normalized spacial score (nSPS) is 11.0. The lowest BCUT2D eigenvalue weighted by molar-refractivity contribution is 0.589. The highest BCUT2D eigenvalue weighted by atomic mass is 19.1. The number of nitrogens with two attached hydrogens (primary N) is 1. The Morgan fingerprint density at radius 1 is 1.19 bits per heavy atom. The van der Waals surface area contributed by atoms with Gasteiger partial charge in [0.1, 0.15) is 23.2 Å². The Morgan fingerprint density at radius 3 is 2.67 bits per heavy atom. The molecule has 0 atom stereocenters. The van der Waals surface area contributed by atoms with Gasteiger partial charge in [-0.1, -0.05) is 18.2 Å². The summed E-state index contributed by atoms with van der Waals surface area (Å²) in [4.78, 5) is 0. The van der Waals surface area contributed by atoms with Gasteiger partial charge in [0.15, 0.2) is 0 Å². The summed E-state index contributed by atoms with van der Waals surface area (Å²) in [6, 6.07) is 10.4. The Kier molecular flexibility index (Phi) is 3.13. The van der Waals surface area contributed by atoms with Crippen molar-refractivity contribution >= 4 is 16.7 Å². The number of rotatable bonds is 3. The summed E-state index contributed by atoms with van der Waals surface area (Å²) in [6.45, 7) is 0.139. The maximum Gasteiger partial charge on any atom is 0.144 e. The van der Waals surface area contributed by atoms with Crippen LogP contribution < -0.4 is 5.73 Å². The van der Waals surface area contributed by atoms with Crippen LogP contribution in [0.4, 0.5) is 8.78 Å². The van der Waals surface area contributed by atoms with E-state index in [-0.39, 0.29) is 23.9 Å². The third-order valence-corrected chi connectivity index (χ3v) is 3.25. The molecule has 1 aromatic heterocycles. The Labute approximate surface area is 119 Å². The zero-order valence-electron chi connectivity index (χ0n) is 11.0. The van der Waals surface area contributed by atoms with Crippen LogP contribution in [-0.4, -0.2) is 15.6 Å². The monoisotopic (exact) mass is 286 g/mol. The Balaban J connectivity index is 2.16. The summed E-state index contributed by atoms with van der Waals surface area (Å²) in [6.07, 6.45) is 0. The van der Waals surface area contributed by atoms with E-state index in [0.29, 0.717) is 16.5 Å². The van der Waals surface area contributed by atoms with E-state index >= 15 is 0 Å². The fourth-order valence-electron chi connectivity index (χ4n) is 2.25. The molecule has 0 radical (unpaired) electrons. The first kappa shape index (κ1) is 13.2. The van der Waals surface area contributed by atoms with Crippen LogP contribution in [0.5, 0.6) is 0 Å². The summed E-state index contributed by atoms with van der Waals surface area (Å²) in [5.41, 5.74) is 6.67. The van der Waals surface area contributed by atoms with Crippen LogP contribution in [0.2, 0.25) is 0 Å². The lowest BCUT2D eigenvalue weighted by Gasteiger charge is -2.05. The van der Waals surface area contributed by atoms with Crippen molar-refractivity contribution < 1.29 is 8.78 Å². The van der Waals surface area contributed by atoms with Crippen molar-refractivity contribution in [2.45, 2.75) is 6.54 Å². The molecule has 0 amide bonds. The Morgan fingerprint density at radius 2 is 1.95 bits per heavy atom. The molecule has 4 nitrogen and oxygen atoms in total. The van der Waals surface area contributed by atoms with E-state index in [1.807, 2.05) is 0 Å². The molecular weight excluding hydrogens is 274 g/mol.